The van der Waals surface area contributed by atoms with Crippen molar-refractivity contribution >= 4 is 34.3 Å². The number of para-hydroxylation sites is 1. The van der Waals surface area contributed by atoms with Gasteiger partial charge in [0.25, 0.3) is 5.56 Å². The predicted octanol–water partition coefficient (Wildman–Crippen LogP) is 4.50. The van der Waals surface area contributed by atoms with Crippen molar-refractivity contribution in [1.29, 1.82) is 0 Å². The summed E-state index contributed by atoms with van der Waals surface area (Å²) < 4.78 is 12.2. The second kappa shape index (κ2) is 10.4. The summed E-state index contributed by atoms with van der Waals surface area (Å²) in [5.41, 5.74) is 3.20. The van der Waals surface area contributed by atoms with Crippen LogP contribution in [0.4, 0.5) is 5.69 Å². The van der Waals surface area contributed by atoms with Crippen LogP contribution in [-0.4, -0.2) is 35.4 Å². The Bertz CT molecular complexity index is 1380. The van der Waals surface area contributed by atoms with Gasteiger partial charge in [-0.1, -0.05) is 53.7 Å². The van der Waals surface area contributed by atoms with E-state index in [1.807, 2.05) is 43.3 Å². The molecule has 0 saturated carbocycles. The Balaban J connectivity index is 1.57. The number of carbonyl (C=O) groups is 1. The molecule has 1 aromatic heterocycles. The zero-order valence-corrected chi connectivity index (χ0v) is 20.0. The predicted molar refractivity (Wildman–Crippen MR) is 135 cm³/mol. The van der Waals surface area contributed by atoms with Crippen molar-refractivity contribution in [3.05, 3.63) is 88.2 Å². The van der Waals surface area contributed by atoms with E-state index >= 15 is 0 Å². The molecule has 0 fully saturated rings. The van der Waals surface area contributed by atoms with Crippen molar-refractivity contribution in [2.75, 3.05) is 25.3 Å². The van der Waals surface area contributed by atoms with Crippen LogP contribution in [-0.2, 0) is 11.3 Å². The monoisotopic (exact) mass is 475 g/mol. The number of nitrogens with one attached hydrogen (secondary N) is 1. The first-order chi connectivity index (χ1) is 16.5. The number of anilines is 1. The lowest BCUT2D eigenvalue weighted by Crippen LogP contribution is -2.25. The number of aryl methyl sites for hydroxylation is 1. The lowest BCUT2D eigenvalue weighted by Gasteiger charge is -2.14. The van der Waals surface area contributed by atoms with Gasteiger partial charge in [-0.05, 0) is 36.8 Å². The fourth-order valence-corrected chi connectivity index (χ4v) is 4.31. The van der Waals surface area contributed by atoms with Gasteiger partial charge >= 0.3 is 0 Å². The summed E-state index contributed by atoms with van der Waals surface area (Å²) >= 11 is 1.23. The topological polar surface area (TPSA) is 82.5 Å². The lowest BCUT2D eigenvalue weighted by molar-refractivity contribution is -0.113. The van der Waals surface area contributed by atoms with E-state index in [2.05, 4.69) is 10.3 Å². The highest BCUT2D eigenvalue weighted by atomic mass is 32.2. The molecule has 1 heterocycles. The highest BCUT2D eigenvalue weighted by molar-refractivity contribution is 7.99. The molecule has 7 nitrogen and oxygen atoms in total. The second-order valence-corrected chi connectivity index (χ2v) is 8.64. The van der Waals surface area contributed by atoms with Gasteiger partial charge in [-0.2, -0.15) is 0 Å². The van der Waals surface area contributed by atoms with Crippen molar-refractivity contribution in [2.24, 2.45) is 0 Å². The van der Waals surface area contributed by atoms with Crippen molar-refractivity contribution in [3.63, 3.8) is 0 Å². The van der Waals surface area contributed by atoms with Crippen LogP contribution >= 0.6 is 11.8 Å². The second-order valence-electron chi connectivity index (χ2n) is 7.70. The molecule has 0 unspecified atom stereocenters. The highest BCUT2D eigenvalue weighted by Gasteiger charge is 2.14. The molecule has 1 amide bonds. The molecular weight excluding hydrogens is 450 g/mol. The number of ether oxygens (including phenoxy) is 2. The Morgan fingerprint density at radius 2 is 1.74 bits per heavy atom. The van der Waals surface area contributed by atoms with E-state index in [0.717, 1.165) is 11.1 Å². The van der Waals surface area contributed by atoms with Crippen LogP contribution in [0.1, 0.15) is 11.1 Å². The normalized spacial score (nSPS) is 10.8. The Morgan fingerprint density at radius 1 is 1.00 bits per heavy atom. The van der Waals surface area contributed by atoms with Crippen molar-refractivity contribution in [1.82, 2.24) is 9.55 Å². The third-order valence-corrected chi connectivity index (χ3v) is 6.26. The maximum Gasteiger partial charge on any atom is 0.262 e. The fourth-order valence-electron chi connectivity index (χ4n) is 3.51. The number of methoxy groups -OCH3 is 2. The Hall–Kier alpha value is -3.78. The largest absolute Gasteiger partial charge is 0.493 e. The first-order valence-electron chi connectivity index (χ1n) is 10.7. The Morgan fingerprint density at radius 3 is 2.47 bits per heavy atom. The SMILES string of the molecule is COc1ccc(NC(=O)CSc2nc3ccccc3c(=O)n2Cc2ccc(C)cc2)cc1OC. The van der Waals surface area contributed by atoms with E-state index in [-0.39, 0.29) is 17.2 Å². The van der Waals surface area contributed by atoms with E-state index in [1.165, 1.54) is 18.9 Å². The van der Waals surface area contributed by atoms with E-state index < -0.39 is 0 Å². The number of rotatable bonds is 8. The molecule has 8 heteroatoms. The summed E-state index contributed by atoms with van der Waals surface area (Å²) in [5.74, 6) is 0.973. The zero-order chi connectivity index (χ0) is 24.1. The van der Waals surface area contributed by atoms with E-state index in [4.69, 9.17) is 9.47 Å². The molecule has 4 rings (SSSR count). The maximum absolute atomic E-state index is 13.3. The van der Waals surface area contributed by atoms with Gasteiger partial charge in [0.1, 0.15) is 0 Å². The lowest BCUT2D eigenvalue weighted by atomic mass is 10.1. The van der Waals surface area contributed by atoms with Crippen LogP contribution < -0.4 is 20.3 Å². The zero-order valence-electron chi connectivity index (χ0n) is 19.2. The fraction of sp³-hybridized carbons (Fsp3) is 0.192. The number of benzene rings is 3. The number of nitrogens with zero attached hydrogens (tertiary/aromatic N) is 2. The van der Waals surface area contributed by atoms with Crippen molar-refractivity contribution in [2.45, 2.75) is 18.6 Å². The van der Waals surface area contributed by atoms with Gasteiger partial charge < -0.3 is 14.8 Å². The molecule has 3 aromatic carbocycles. The van der Waals surface area contributed by atoms with Gasteiger partial charge in [0.15, 0.2) is 16.7 Å². The Labute approximate surface area is 201 Å². The maximum atomic E-state index is 13.3. The van der Waals surface area contributed by atoms with Crippen LogP contribution in [0.3, 0.4) is 0 Å². The summed E-state index contributed by atoms with van der Waals surface area (Å²) in [6.45, 7) is 2.39. The summed E-state index contributed by atoms with van der Waals surface area (Å²) in [4.78, 5) is 30.6. The van der Waals surface area contributed by atoms with Gasteiger partial charge in [-0.25, -0.2) is 4.98 Å². The van der Waals surface area contributed by atoms with Gasteiger partial charge in [0.05, 0.1) is 37.4 Å². The molecule has 0 aliphatic rings. The first kappa shape index (κ1) is 23.4. The van der Waals surface area contributed by atoms with Crippen molar-refractivity contribution in [3.8, 4) is 11.5 Å². The molecule has 0 aliphatic carbocycles. The van der Waals surface area contributed by atoms with Crippen LogP contribution in [0.5, 0.6) is 11.5 Å². The van der Waals surface area contributed by atoms with Crippen LogP contribution in [0.15, 0.2) is 76.7 Å². The molecule has 0 saturated heterocycles. The first-order valence-corrected chi connectivity index (χ1v) is 11.7. The molecule has 0 radical (unpaired) electrons. The quantitative estimate of drug-likeness (QED) is 0.298. The molecule has 0 atom stereocenters. The van der Waals surface area contributed by atoms with E-state index in [1.54, 1.807) is 42.0 Å². The van der Waals surface area contributed by atoms with Crippen LogP contribution in [0, 0.1) is 6.92 Å². The van der Waals surface area contributed by atoms with Gasteiger partial charge in [-0.15, -0.1) is 0 Å². The molecule has 34 heavy (non-hydrogen) atoms. The number of amides is 1. The number of thioether (sulfide) groups is 1. The molecule has 1 N–H and O–H groups in total. The molecule has 174 valence electrons. The number of carbonyl (C=O) groups excluding carboxylic acids is 1. The van der Waals surface area contributed by atoms with Gasteiger partial charge in [0.2, 0.25) is 5.91 Å². The van der Waals surface area contributed by atoms with Crippen LogP contribution in [0.25, 0.3) is 10.9 Å². The summed E-state index contributed by atoms with van der Waals surface area (Å²) in [7, 11) is 3.09. The number of aromatic nitrogens is 2. The minimum atomic E-state index is -0.221. The third-order valence-electron chi connectivity index (χ3n) is 5.29. The molecule has 0 bridgehead atoms. The van der Waals surface area contributed by atoms with E-state index in [0.29, 0.717) is 39.8 Å². The average Bonchev–Trinajstić information content (AvgIpc) is 2.85. The highest BCUT2D eigenvalue weighted by Crippen LogP contribution is 2.30. The molecule has 4 aromatic rings. The molecule has 0 spiro atoms. The third kappa shape index (κ3) is 5.23. The smallest absolute Gasteiger partial charge is 0.262 e. The van der Waals surface area contributed by atoms with Gasteiger partial charge in [0, 0.05) is 11.8 Å². The minimum Gasteiger partial charge on any atom is -0.493 e. The summed E-state index contributed by atoms with van der Waals surface area (Å²) in [6, 6.07) is 20.4. The number of fused-ring (bicyclic) bond motifs is 1. The van der Waals surface area contributed by atoms with E-state index in [9.17, 15) is 9.59 Å². The minimum absolute atomic E-state index is 0.0903. The van der Waals surface area contributed by atoms with Crippen molar-refractivity contribution < 1.29 is 14.3 Å². The van der Waals surface area contributed by atoms with Crippen LogP contribution in [0.2, 0.25) is 0 Å². The van der Waals surface area contributed by atoms with Gasteiger partial charge in [-0.3, -0.25) is 14.2 Å². The standard InChI is InChI=1S/C26H25N3O4S/c1-17-8-10-18(11-9-17)15-29-25(31)20-6-4-5-7-21(20)28-26(29)34-16-24(30)27-19-12-13-22(32-2)23(14-19)33-3/h4-14H,15-16H2,1-3H3,(H,27,30). The average molecular weight is 476 g/mol. The molecule has 0 aliphatic heterocycles. The number of hydrogen-bond donors (Lipinski definition) is 1. The summed E-state index contributed by atoms with van der Waals surface area (Å²) in [5, 5.41) is 3.90. The summed E-state index contributed by atoms with van der Waals surface area (Å²) in [6.07, 6.45) is 0. The Kier molecular flexibility index (Phi) is 7.18. The number of hydrogen-bond acceptors (Lipinski definition) is 6. The molecular formula is C26H25N3O4S.